The van der Waals surface area contributed by atoms with E-state index < -0.39 is 15.7 Å². The maximum absolute atomic E-state index is 13.6. The fourth-order valence-corrected chi connectivity index (χ4v) is 4.29. The van der Waals surface area contributed by atoms with Crippen molar-refractivity contribution >= 4 is 27.6 Å². The van der Waals surface area contributed by atoms with Crippen molar-refractivity contribution < 1.29 is 12.8 Å². The second-order valence-corrected chi connectivity index (χ2v) is 9.66. The molecule has 0 bridgehead atoms. The molecule has 0 aliphatic heterocycles. The summed E-state index contributed by atoms with van der Waals surface area (Å²) in [7, 11) is -1.53. The molecule has 0 aliphatic carbocycles. The minimum atomic E-state index is -3.20. The first-order valence-corrected chi connectivity index (χ1v) is 12.0. The standard InChI is InChI=1S/C20H26FN3O2S2/c1-22-20(23-11-6-12-27-19-7-4-3-5-8-19)24-14-17-13-18(21)10-9-16(17)15-28(2,25)26/h3-5,7-10,13H,6,11-12,14-15H2,1-2H3,(H2,22,23,24). The monoisotopic (exact) mass is 423 g/mol. The van der Waals surface area contributed by atoms with Gasteiger partial charge in [0.2, 0.25) is 0 Å². The SMILES string of the molecule is CN=C(NCCCSc1ccccc1)NCc1cc(F)ccc1CS(C)(=O)=O. The second-order valence-electron chi connectivity index (χ2n) is 6.35. The van der Waals surface area contributed by atoms with E-state index in [1.165, 1.54) is 29.4 Å². The number of benzene rings is 2. The van der Waals surface area contributed by atoms with E-state index in [1.807, 2.05) is 18.2 Å². The molecule has 0 saturated carbocycles. The molecule has 0 saturated heterocycles. The van der Waals surface area contributed by atoms with Crippen LogP contribution in [0.3, 0.4) is 0 Å². The Balaban J connectivity index is 1.81. The van der Waals surface area contributed by atoms with Crippen LogP contribution in [0.25, 0.3) is 0 Å². The normalized spacial score (nSPS) is 12.0. The highest BCUT2D eigenvalue weighted by Gasteiger charge is 2.11. The largest absolute Gasteiger partial charge is 0.356 e. The molecule has 0 unspecified atom stereocenters. The number of rotatable bonds is 9. The molecule has 0 heterocycles. The van der Waals surface area contributed by atoms with Crippen molar-refractivity contribution in [3.8, 4) is 0 Å². The van der Waals surface area contributed by atoms with Gasteiger partial charge in [0.05, 0.1) is 5.75 Å². The van der Waals surface area contributed by atoms with Gasteiger partial charge in [0.15, 0.2) is 15.8 Å². The minimum absolute atomic E-state index is 0.118. The third-order valence-corrected chi connectivity index (χ3v) is 5.82. The molecule has 2 aromatic rings. The zero-order chi connectivity index (χ0) is 20.4. The highest BCUT2D eigenvalue weighted by Crippen LogP contribution is 2.17. The number of aliphatic imine (C=N–C) groups is 1. The summed E-state index contributed by atoms with van der Waals surface area (Å²) in [6.45, 7) is 1.04. The lowest BCUT2D eigenvalue weighted by Crippen LogP contribution is -2.37. The quantitative estimate of drug-likeness (QED) is 0.280. The third kappa shape index (κ3) is 8.31. The summed E-state index contributed by atoms with van der Waals surface area (Å²) in [5, 5.41) is 6.34. The molecule has 0 aromatic heterocycles. The van der Waals surface area contributed by atoms with E-state index in [-0.39, 0.29) is 5.75 Å². The maximum Gasteiger partial charge on any atom is 0.191 e. The Labute approximate surface area is 170 Å². The van der Waals surface area contributed by atoms with E-state index in [4.69, 9.17) is 0 Å². The van der Waals surface area contributed by atoms with Gasteiger partial charge in [0, 0.05) is 31.3 Å². The van der Waals surface area contributed by atoms with Gasteiger partial charge in [-0.2, -0.15) is 0 Å². The van der Waals surface area contributed by atoms with Gasteiger partial charge in [-0.05, 0) is 47.6 Å². The molecule has 0 radical (unpaired) electrons. The summed E-state index contributed by atoms with van der Waals surface area (Å²) in [6, 6.07) is 14.4. The summed E-state index contributed by atoms with van der Waals surface area (Å²) in [5.41, 5.74) is 1.19. The molecular weight excluding hydrogens is 397 g/mol. The Hall–Kier alpha value is -2.06. The first-order valence-electron chi connectivity index (χ1n) is 8.95. The van der Waals surface area contributed by atoms with Crippen LogP contribution in [0.15, 0.2) is 58.4 Å². The van der Waals surface area contributed by atoms with E-state index >= 15 is 0 Å². The van der Waals surface area contributed by atoms with Crippen LogP contribution in [0.5, 0.6) is 0 Å². The van der Waals surface area contributed by atoms with Crippen molar-refractivity contribution in [3.05, 3.63) is 65.5 Å². The molecule has 0 atom stereocenters. The van der Waals surface area contributed by atoms with Crippen LogP contribution in [-0.4, -0.2) is 40.0 Å². The van der Waals surface area contributed by atoms with E-state index in [9.17, 15) is 12.8 Å². The molecule has 2 aromatic carbocycles. The van der Waals surface area contributed by atoms with Crippen LogP contribution >= 0.6 is 11.8 Å². The van der Waals surface area contributed by atoms with Crippen molar-refractivity contribution in [2.75, 3.05) is 25.6 Å². The predicted octanol–water partition coefficient (Wildman–Crippen LogP) is 3.22. The summed E-state index contributed by atoms with van der Waals surface area (Å²) in [4.78, 5) is 5.41. The van der Waals surface area contributed by atoms with Crippen molar-refractivity contribution in [2.24, 2.45) is 4.99 Å². The number of guanidine groups is 1. The van der Waals surface area contributed by atoms with Gasteiger partial charge in [-0.1, -0.05) is 24.3 Å². The molecule has 5 nitrogen and oxygen atoms in total. The first-order chi connectivity index (χ1) is 13.4. The molecule has 152 valence electrons. The summed E-state index contributed by atoms with van der Waals surface area (Å²) in [5.74, 6) is 1.07. The van der Waals surface area contributed by atoms with Crippen molar-refractivity contribution in [1.82, 2.24) is 10.6 Å². The molecule has 0 aliphatic rings. The van der Waals surface area contributed by atoms with Gasteiger partial charge in [-0.15, -0.1) is 11.8 Å². The average Bonchev–Trinajstić information content (AvgIpc) is 2.65. The molecular formula is C20H26FN3O2S2. The van der Waals surface area contributed by atoms with E-state index in [1.54, 1.807) is 18.8 Å². The lowest BCUT2D eigenvalue weighted by atomic mass is 10.1. The van der Waals surface area contributed by atoms with Gasteiger partial charge < -0.3 is 10.6 Å². The Morgan fingerprint density at radius 2 is 1.86 bits per heavy atom. The first kappa shape index (κ1) is 22.2. The summed E-state index contributed by atoms with van der Waals surface area (Å²) in [6.07, 6.45) is 2.13. The molecule has 0 fully saturated rings. The number of sulfone groups is 1. The lowest BCUT2D eigenvalue weighted by molar-refractivity contribution is 0.599. The number of hydrogen-bond acceptors (Lipinski definition) is 4. The van der Waals surface area contributed by atoms with Crippen molar-refractivity contribution in [1.29, 1.82) is 0 Å². The molecule has 0 amide bonds. The zero-order valence-electron chi connectivity index (χ0n) is 16.1. The van der Waals surface area contributed by atoms with Crippen LogP contribution < -0.4 is 10.6 Å². The van der Waals surface area contributed by atoms with Crippen molar-refractivity contribution in [3.63, 3.8) is 0 Å². The van der Waals surface area contributed by atoms with Gasteiger partial charge in [-0.25, -0.2) is 12.8 Å². The van der Waals surface area contributed by atoms with Crippen LogP contribution in [0.1, 0.15) is 17.5 Å². The minimum Gasteiger partial charge on any atom is -0.356 e. The number of thioether (sulfide) groups is 1. The van der Waals surface area contributed by atoms with Crippen LogP contribution in [-0.2, 0) is 22.1 Å². The van der Waals surface area contributed by atoms with Gasteiger partial charge >= 0.3 is 0 Å². The Kier molecular flexibility index (Phi) is 8.79. The lowest BCUT2D eigenvalue weighted by Gasteiger charge is -2.14. The highest BCUT2D eigenvalue weighted by molar-refractivity contribution is 7.99. The maximum atomic E-state index is 13.6. The van der Waals surface area contributed by atoms with Crippen LogP contribution in [0.2, 0.25) is 0 Å². The van der Waals surface area contributed by atoms with E-state index in [0.29, 0.717) is 23.6 Å². The Morgan fingerprint density at radius 1 is 1.11 bits per heavy atom. The Bertz CT molecular complexity index is 888. The predicted molar refractivity (Wildman–Crippen MR) is 115 cm³/mol. The summed E-state index contributed by atoms with van der Waals surface area (Å²) >= 11 is 1.80. The van der Waals surface area contributed by atoms with Gasteiger partial charge in [0.25, 0.3) is 0 Å². The Morgan fingerprint density at radius 3 is 2.54 bits per heavy atom. The summed E-state index contributed by atoms with van der Waals surface area (Å²) < 4.78 is 36.8. The third-order valence-electron chi connectivity index (χ3n) is 3.88. The number of nitrogens with one attached hydrogen (secondary N) is 2. The number of nitrogens with zero attached hydrogens (tertiary/aromatic N) is 1. The molecule has 2 rings (SSSR count). The molecule has 2 N–H and O–H groups in total. The van der Waals surface area contributed by atoms with Crippen LogP contribution in [0.4, 0.5) is 4.39 Å². The van der Waals surface area contributed by atoms with E-state index in [2.05, 4.69) is 27.8 Å². The molecule has 0 spiro atoms. The van der Waals surface area contributed by atoms with Crippen molar-refractivity contribution in [2.45, 2.75) is 23.6 Å². The van der Waals surface area contributed by atoms with E-state index in [0.717, 1.165) is 18.7 Å². The molecule has 28 heavy (non-hydrogen) atoms. The van der Waals surface area contributed by atoms with Gasteiger partial charge in [-0.3, -0.25) is 4.99 Å². The topological polar surface area (TPSA) is 70.6 Å². The fraction of sp³-hybridized carbons (Fsp3) is 0.350. The smallest absolute Gasteiger partial charge is 0.191 e. The highest BCUT2D eigenvalue weighted by atomic mass is 32.2. The van der Waals surface area contributed by atoms with Crippen LogP contribution in [0, 0.1) is 5.82 Å². The number of halogens is 1. The zero-order valence-corrected chi connectivity index (χ0v) is 17.7. The molecule has 8 heteroatoms. The number of hydrogen-bond donors (Lipinski definition) is 2. The van der Waals surface area contributed by atoms with Gasteiger partial charge in [0.1, 0.15) is 5.82 Å². The second kappa shape index (κ2) is 11.1. The fourth-order valence-electron chi connectivity index (χ4n) is 2.57. The average molecular weight is 424 g/mol.